The van der Waals surface area contributed by atoms with Crippen molar-refractivity contribution in [2.75, 3.05) is 14.1 Å². The predicted molar refractivity (Wildman–Crippen MR) is 58.0 cm³/mol. The van der Waals surface area contributed by atoms with E-state index in [-0.39, 0.29) is 0 Å². The molecular formula is C9H14IN. The minimum absolute atomic E-state index is 0.617. The summed E-state index contributed by atoms with van der Waals surface area (Å²) in [6.07, 6.45) is 5.60. The molecule has 62 valence electrons. The maximum absolute atomic E-state index is 2.41. The Hall–Kier alpha value is 0.170. The molecule has 0 radical (unpaired) electrons. The van der Waals surface area contributed by atoms with Crippen LogP contribution < -0.4 is 0 Å². The van der Waals surface area contributed by atoms with Crippen LogP contribution in [-0.4, -0.2) is 25.0 Å². The lowest BCUT2D eigenvalue weighted by molar-refractivity contribution is 0.329. The number of allylic oxidation sites excluding steroid dienone is 2. The summed E-state index contributed by atoms with van der Waals surface area (Å²) in [5.74, 6) is 0. The summed E-state index contributed by atoms with van der Waals surface area (Å²) in [5.41, 5.74) is 1.47. The number of nitrogens with zero attached hydrogens (tertiary/aromatic N) is 1. The Morgan fingerprint density at radius 2 is 2.09 bits per heavy atom. The zero-order valence-electron chi connectivity index (χ0n) is 7.26. The first-order valence-corrected chi connectivity index (χ1v) is 4.88. The van der Waals surface area contributed by atoms with Crippen molar-refractivity contribution in [3.05, 3.63) is 21.3 Å². The Kier molecular flexibility index (Phi) is 3.13. The van der Waals surface area contributed by atoms with Crippen LogP contribution in [0.4, 0.5) is 0 Å². The van der Waals surface area contributed by atoms with E-state index in [1.165, 1.54) is 15.6 Å². The Bertz CT molecular complexity index is 204. The van der Waals surface area contributed by atoms with Crippen LogP contribution in [0.1, 0.15) is 13.3 Å². The molecule has 2 heteroatoms. The molecular weight excluding hydrogens is 249 g/mol. The SMILES string of the molecule is CC1=CC=C(I)CC1N(C)C. The van der Waals surface area contributed by atoms with Crippen LogP contribution in [0.3, 0.4) is 0 Å². The second kappa shape index (κ2) is 3.72. The molecule has 1 nitrogen and oxygen atoms in total. The van der Waals surface area contributed by atoms with Crippen molar-refractivity contribution in [3.8, 4) is 0 Å². The van der Waals surface area contributed by atoms with Crippen molar-refractivity contribution in [1.29, 1.82) is 0 Å². The highest BCUT2D eigenvalue weighted by atomic mass is 127. The van der Waals surface area contributed by atoms with Crippen LogP contribution in [0.15, 0.2) is 21.3 Å². The van der Waals surface area contributed by atoms with Crippen LogP contribution in [0.2, 0.25) is 0 Å². The molecule has 1 atom stereocenters. The van der Waals surface area contributed by atoms with Crippen molar-refractivity contribution in [1.82, 2.24) is 4.90 Å². The Labute approximate surface area is 82.3 Å². The van der Waals surface area contributed by atoms with E-state index in [9.17, 15) is 0 Å². The van der Waals surface area contributed by atoms with Gasteiger partial charge in [0.1, 0.15) is 0 Å². The van der Waals surface area contributed by atoms with Gasteiger partial charge in [0.25, 0.3) is 0 Å². The van der Waals surface area contributed by atoms with Crippen molar-refractivity contribution in [3.63, 3.8) is 0 Å². The highest BCUT2D eigenvalue weighted by molar-refractivity contribution is 14.1. The van der Waals surface area contributed by atoms with Crippen LogP contribution in [0, 0.1) is 0 Å². The summed E-state index contributed by atoms with van der Waals surface area (Å²) in [4.78, 5) is 2.28. The van der Waals surface area contributed by atoms with Crippen LogP contribution in [-0.2, 0) is 0 Å². The lowest BCUT2D eigenvalue weighted by atomic mass is 10.00. The minimum atomic E-state index is 0.617. The standard InChI is InChI=1S/C9H14IN/c1-7-4-5-8(10)6-9(7)11(2)3/h4-5,9H,6H2,1-3H3. The van der Waals surface area contributed by atoms with E-state index < -0.39 is 0 Å². The van der Waals surface area contributed by atoms with Crippen LogP contribution in [0.25, 0.3) is 0 Å². The second-order valence-electron chi connectivity index (χ2n) is 3.21. The van der Waals surface area contributed by atoms with Gasteiger partial charge < -0.3 is 4.90 Å². The first-order valence-electron chi connectivity index (χ1n) is 3.80. The molecule has 1 aliphatic carbocycles. The van der Waals surface area contributed by atoms with Crippen molar-refractivity contribution in [2.24, 2.45) is 0 Å². The van der Waals surface area contributed by atoms with E-state index in [0.717, 1.165) is 0 Å². The Morgan fingerprint density at radius 3 is 2.55 bits per heavy atom. The van der Waals surface area contributed by atoms with Gasteiger partial charge in [-0.3, -0.25) is 0 Å². The third kappa shape index (κ3) is 2.30. The fourth-order valence-corrected chi connectivity index (χ4v) is 1.93. The number of rotatable bonds is 1. The summed E-state index contributed by atoms with van der Waals surface area (Å²) >= 11 is 2.41. The number of hydrogen-bond donors (Lipinski definition) is 0. The summed E-state index contributed by atoms with van der Waals surface area (Å²) in [6, 6.07) is 0.617. The maximum atomic E-state index is 2.41. The average Bonchev–Trinajstić information content (AvgIpc) is 1.94. The summed E-state index contributed by atoms with van der Waals surface area (Å²) in [7, 11) is 4.27. The molecule has 0 fully saturated rings. The molecule has 11 heavy (non-hydrogen) atoms. The van der Waals surface area contributed by atoms with Gasteiger partial charge in [0.15, 0.2) is 0 Å². The monoisotopic (exact) mass is 263 g/mol. The van der Waals surface area contributed by atoms with Crippen molar-refractivity contribution < 1.29 is 0 Å². The Balaban J connectivity index is 2.73. The molecule has 0 aliphatic heterocycles. The molecule has 0 aromatic heterocycles. The van der Waals surface area contributed by atoms with Gasteiger partial charge in [-0.2, -0.15) is 0 Å². The summed E-state index contributed by atoms with van der Waals surface area (Å²) < 4.78 is 1.45. The molecule has 1 aliphatic rings. The van der Waals surface area contributed by atoms with E-state index in [2.05, 4.69) is 60.7 Å². The lowest BCUT2D eigenvalue weighted by Crippen LogP contribution is -2.30. The van der Waals surface area contributed by atoms with Gasteiger partial charge in [-0.15, -0.1) is 0 Å². The largest absolute Gasteiger partial charge is 0.302 e. The molecule has 0 amide bonds. The smallest absolute Gasteiger partial charge is 0.0346 e. The van der Waals surface area contributed by atoms with Crippen LogP contribution in [0.5, 0.6) is 0 Å². The third-order valence-corrected chi connectivity index (χ3v) is 2.86. The average molecular weight is 263 g/mol. The number of halogens is 1. The molecule has 0 N–H and O–H groups in total. The van der Waals surface area contributed by atoms with Gasteiger partial charge in [-0.1, -0.05) is 17.7 Å². The van der Waals surface area contributed by atoms with Gasteiger partial charge in [0, 0.05) is 6.04 Å². The zero-order chi connectivity index (χ0) is 8.43. The van der Waals surface area contributed by atoms with Gasteiger partial charge in [-0.25, -0.2) is 0 Å². The topological polar surface area (TPSA) is 3.24 Å². The van der Waals surface area contributed by atoms with E-state index in [0.29, 0.717) is 6.04 Å². The van der Waals surface area contributed by atoms with E-state index in [1.807, 2.05) is 0 Å². The first kappa shape index (κ1) is 9.26. The maximum Gasteiger partial charge on any atom is 0.0346 e. The Morgan fingerprint density at radius 1 is 1.45 bits per heavy atom. The molecule has 0 aromatic carbocycles. The number of likely N-dealkylation sites (N-methyl/N-ethyl adjacent to an activating group) is 1. The quantitative estimate of drug-likeness (QED) is 0.657. The molecule has 0 spiro atoms. The predicted octanol–water partition coefficient (Wildman–Crippen LogP) is 2.59. The van der Waals surface area contributed by atoms with Crippen molar-refractivity contribution in [2.45, 2.75) is 19.4 Å². The second-order valence-corrected chi connectivity index (χ2v) is 4.59. The zero-order valence-corrected chi connectivity index (χ0v) is 9.42. The molecule has 0 saturated heterocycles. The highest BCUT2D eigenvalue weighted by Gasteiger charge is 2.16. The number of hydrogen-bond acceptors (Lipinski definition) is 1. The fraction of sp³-hybridized carbons (Fsp3) is 0.556. The van der Waals surface area contributed by atoms with E-state index in [1.54, 1.807) is 0 Å². The van der Waals surface area contributed by atoms with Gasteiger partial charge in [0.2, 0.25) is 0 Å². The normalized spacial score (nSPS) is 25.0. The van der Waals surface area contributed by atoms with Gasteiger partial charge >= 0.3 is 0 Å². The molecule has 1 rings (SSSR count). The summed E-state index contributed by atoms with van der Waals surface area (Å²) in [6.45, 7) is 2.20. The highest BCUT2D eigenvalue weighted by Crippen LogP contribution is 2.25. The minimum Gasteiger partial charge on any atom is -0.302 e. The van der Waals surface area contributed by atoms with Crippen molar-refractivity contribution >= 4 is 22.6 Å². The molecule has 1 unspecified atom stereocenters. The van der Waals surface area contributed by atoms with Gasteiger partial charge in [-0.05, 0) is 53.6 Å². The molecule has 0 saturated carbocycles. The van der Waals surface area contributed by atoms with E-state index in [4.69, 9.17) is 0 Å². The van der Waals surface area contributed by atoms with Crippen LogP contribution >= 0.6 is 22.6 Å². The third-order valence-electron chi connectivity index (χ3n) is 2.06. The molecule has 0 bridgehead atoms. The lowest BCUT2D eigenvalue weighted by Gasteiger charge is -2.27. The van der Waals surface area contributed by atoms with Gasteiger partial charge in [0.05, 0.1) is 0 Å². The molecule has 0 aromatic rings. The first-order chi connectivity index (χ1) is 5.11. The summed E-state index contributed by atoms with van der Waals surface area (Å²) in [5, 5.41) is 0. The fourth-order valence-electron chi connectivity index (χ4n) is 1.34. The van der Waals surface area contributed by atoms with E-state index >= 15 is 0 Å². The molecule has 0 heterocycles.